The van der Waals surface area contributed by atoms with Crippen LogP contribution in [0.2, 0.25) is 0 Å². The molecule has 0 spiro atoms. The van der Waals surface area contributed by atoms with Gasteiger partial charge >= 0.3 is 5.97 Å². The van der Waals surface area contributed by atoms with E-state index in [1.807, 2.05) is 13.2 Å². The predicted octanol–water partition coefficient (Wildman–Crippen LogP) is 3.37. The molecule has 1 atom stereocenters. The molecular weight excluding hydrogens is 216 g/mol. The van der Waals surface area contributed by atoms with Gasteiger partial charge in [0, 0.05) is 6.42 Å². The van der Waals surface area contributed by atoms with Crippen LogP contribution in [0.1, 0.15) is 33.6 Å². The summed E-state index contributed by atoms with van der Waals surface area (Å²) in [6.45, 7) is 6.84. The van der Waals surface area contributed by atoms with Crippen LogP contribution in [0.25, 0.3) is 0 Å². The highest BCUT2D eigenvalue weighted by molar-refractivity contribution is 8.76. The van der Waals surface area contributed by atoms with Crippen molar-refractivity contribution in [3.63, 3.8) is 0 Å². The standard InChI is InChI=1S/C10H20O2S2/c1-5-6-10(11)12-7-9(8(2)3)14-13-4/h8-9H,5-7H2,1-4H3. The fourth-order valence-electron chi connectivity index (χ4n) is 0.906. The van der Waals surface area contributed by atoms with E-state index in [-0.39, 0.29) is 5.97 Å². The zero-order valence-electron chi connectivity index (χ0n) is 9.41. The van der Waals surface area contributed by atoms with Gasteiger partial charge in [-0.25, -0.2) is 0 Å². The number of esters is 1. The maximum absolute atomic E-state index is 11.1. The molecule has 14 heavy (non-hydrogen) atoms. The molecule has 0 fully saturated rings. The Kier molecular flexibility index (Phi) is 8.58. The summed E-state index contributed by atoms with van der Waals surface area (Å²) in [4.78, 5) is 11.1. The molecule has 0 heterocycles. The second-order valence-electron chi connectivity index (χ2n) is 3.48. The van der Waals surface area contributed by atoms with Gasteiger partial charge in [-0.05, 0) is 18.6 Å². The summed E-state index contributed by atoms with van der Waals surface area (Å²) in [6.07, 6.45) is 3.45. The minimum absolute atomic E-state index is 0.0696. The molecule has 0 radical (unpaired) electrons. The number of hydrogen-bond acceptors (Lipinski definition) is 4. The van der Waals surface area contributed by atoms with Crippen LogP contribution >= 0.6 is 21.6 Å². The average Bonchev–Trinajstić information content (AvgIpc) is 2.12. The summed E-state index contributed by atoms with van der Waals surface area (Å²) in [5.74, 6) is 0.474. The van der Waals surface area contributed by atoms with E-state index < -0.39 is 0 Å². The molecule has 0 aliphatic carbocycles. The first-order valence-corrected chi connectivity index (χ1v) is 7.59. The van der Waals surface area contributed by atoms with Crippen molar-refractivity contribution in [2.24, 2.45) is 5.92 Å². The van der Waals surface area contributed by atoms with Crippen LogP contribution in [0.3, 0.4) is 0 Å². The lowest BCUT2D eigenvalue weighted by Crippen LogP contribution is -2.20. The Bertz CT molecular complexity index is 160. The van der Waals surface area contributed by atoms with Crippen LogP contribution in [0, 0.1) is 5.92 Å². The van der Waals surface area contributed by atoms with Gasteiger partial charge in [0.15, 0.2) is 0 Å². The third kappa shape index (κ3) is 6.60. The van der Waals surface area contributed by atoms with Crippen LogP contribution in [-0.2, 0) is 9.53 Å². The van der Waals surface area contributed by atoms with Crippen LogP contribution < -0.4 is 0 Å². The van der Waals surface area contributed by atoms with Crippen molar-refractivity contribution < 1.29 is 9.53 Å². The second-order valence-corrected chi connectivity index (χ2v) is 6.19. The van der Waals surface area contributed by atoms with Gasteiger partial charge in [0.25, 0.3) is 0 Å². The van der Waals surface area contributed by atoms with Crippen LogP contribution in [-0.4, -0.2) is 24.1 Å². The van der Waals surface area contributed by atoms with Crippen molar-refractivity contribution in [2.75, 3.05) is 12.9 Å². The number of hydrogen-bond donors (Lipinski definition) is 0. The van der Waals surface area contributed by atoms with E-state index in [0.29, 0.717) is 24.2 Å². The van der Waals surface area contributed by atoms with E-state index in [4.69, 9.17) is 4.74 Å². The zero-order valence-corrected chi connectivity index (χ0v) is 11.0. The molecule has 2 nitrogen and oxygen atoms in total. The number of rotatable bonds is 7. The Hall–Kier alpha value is 0.170. The first kappa shape index (κ1) is 14.2. The quantitative estimate of drug-likeness (QED) is 0.500. The maximum atomic E-state index is 11.1. The Labute approximate surface area is 94.9 Å². The molecule has 0 aromatic carbocycles. The largest absolute Gasteiger partial charge is 0.464 e. The number of ether oxygens (including phenoxy) is 1. The molecule has 0 N–H and O–H groups in total. The maximum Gasteiger partial charge on any atom is 0.305 e. The van der Waals surface area contributed by atoms with Gasteiger partial charge in [-0.3, -0.25) is 4.79 Å². The van der Waals surface area contributed by atoms with Crippen LogP contribution in [0.4, 0.5) is 0 Å². The molecule has 84 valence electrons. The Morgan fingerprint density at radius 3 is 2.50 bits per heavy atom. The SMILES string of the molecule is CCCC(=O)OCC(SSC)C(C)C. The summed E-state index contributed by atoms with van der Waals surface area (Å²) in [6, 6.07) is 0. The molecule has 1 unspecified atom stereocenters. The number of carbonyl (C=O) groups excluding carboxylic acids is 1. The Morgan fingerprint density at radius 2 is 2.07 bits per heavy atom. The Morgan fingerprint density at radius 1 is 1.43 bits per heavy atom. The third-order valence-electron chi connectivity index (χ3n) is 1.83. The molecule has 0 aliphatic heterocycles. The third-order valence-corrected chi connectivity index (χ3v) is 4.27. The minimum atomic E-state index is -0.0696. The van der Waals surface area contributed by atoms with Crippen molar-refractivity contribution in [1.82, 2.24) is 0 Å². The topological polar surface area (TPSA) is 26.3 Å². The van der Waals surface area contributed by atoms with Gasteiger partial charge in [-0.15, -0.1) is 0 Å². The fraction of sp³-hybridized carbons (Fsp3) is 0.900. The lowest BCUT2D eigenvalue weighted by Gasteiger charge is -2.18. The minimum Gasteiger partial charge on any atom is -0.464 e. The van der Waals surface area contributed by atoms with Gasteiger partial charge in [0.05, 0.1) is 5.25 Å². The summed E-state index contributed by atoms with van der Waals surface area (Å²) < 4.78 is 5.19. The van der Waals surface area contributed by atoms with E-state index in [1.54, 1.807) is 21.6 Å². The second kappa shape index (κ2) is 8.48. The smallest absolute Gasteiger partial charge is 0.305 e. The predicted molar refractivity (Wildman–Crippen MR) is 65.6 cm³/mol. The molecule has 0 aromatic heterocycles. The van der Waals surface area contributed by atoms with Crippen molar-refractivity contribution in [1.29, 1.82) is 0 Å². The summed E-state index contributed by atoms with van der Waals surface area (Å²) >= 11 is 0. The van der Waals surface area contributed by atoms with Crippen molar-refractivity contribution in [3.05, 3.63) is 0 Å². The van der Waals surface area contributed by atoms with Crippen LogP contribution in [0.15, 0.2) is 0 Å². The first-order chi connectivity index (χ1) is 6.61. The average molecular weight is 236 g/mol. The molecular formula is C10H20O2S2. The van der Waals surface area contributed by atoms with Crippen molar-refractivity contribution in [3.8, 4) is 0 Å². The Balaban J connectivity index is 3.75. The zero-order chi connectivity index (χ0) is 11.0. The highest BCUT2D eigenvalue weighted by Gasteiger charge is 2.15. The van der Waals surface area contributed by atoms with Crippen molar-refractivity contribution in [2.45, 2.75) is 38.9 Å². The molecule has 0 amide bonds. The van der Waals surface area contributed by atoms with Crippen LogP contribution in [0.5, 0.6) is 0 Å². The normalized spacial score (nSPS) is 12.9. The molecule has 0 aliphatic rings. The monoisotopic (exact) mass is 236 g/mol. The summed E-state index contributed by atoms with van der Waals surface area (Å²) in [7, 11) is 3.51. The van der Waals surface area contributed by atoms with E-state index in [2.05, 4.69) is 13.8 Å². The molecule has 0 saturated carbocycles. The van der Waals surface area contributed by atoms with Gasteiger partial charge in [-0.1, -0.05) is 42.4 Å². The van der Waals surface area contributed by atoms with Gasteiger partial charge in [0.1, 0.15) is 6.61 Å². The highest BCUT2D eigenvalue weighted by Crippen LogP contribution is 2.29. The van der Waals surface area contributed by atoms with E-state index in [9.17, 15) is 4.79 Å². The lowest BCUT2D eigenvalue weighted by atomic mass is 10.1. The molecule has 0 rings (SSSR count). The number of carbonyl (C=O) groups is 1. The van der Waals surface area contributed by atoms with Gasteiger partial charge < -0.3 is 4.74 Å². The van der Waals surface area contributed by atoms with Crippen molar-refractivity contribution >= 4 is 27.6 Å². The van der Waals surface area contributed by atoms with Gasteiger partial charge in [-0.2, -0.15) is 0 Å². The summed E-state index contributed by atoms with van der Waals surface area (Å²) in [5.41, 5.74) is 0. The molecule has 0 bridgehead atoms. The first-order valence-electron chi connectivity index (χ1n) is 4.96. The highest BCUT2D eigenvalue weighted by atomic mass is 33.1. The van der Waals surface area contributed by atoms with Gasteiger partial charge in [0.2, 0.25) is 0 Å². The molecule has 0 aromatic rings. The summed E-state index contributed by atoms with van der Waals surface area (Å²) in [5, 5.41) is 0.408. The lowest BCUT2D eigenvalue weighted by molar-refractivity contribution is -0.143. The van der Waals surface area contributed by atoms with E-state index >= 15 is 0 Å². The molecule has 0 saturated heterocycles. The fourth-order valence-corrected chi connectivity index (χ4v) is 3.07. The van der Waals surface area contributed by atoms with E-state index in [1.165, 1.54) is 0 Å². The molecule has 4 heteroatoms. The van der Waals surface area contributed by atoms with E-state index in [0.717, 1.165) is 6.42 Å².